The van der Waals surface area contributed by atoms with E-state index in [1.807, 2.05) is 12.1 Å². The number of fused-ring (bicyclic) bond motifs is 1. The number of nitrogens with one attached hydrogen (secondary N) is 1. The van der Waals surface area contributed by atoms with Crippen molar-refractivity contribution in [3.05, 3.63) is 35.4 Å². The Bertz CT molecular complexity index is 849. The molecule has 0 saturated carbocycles. The van der Waals surface area contributed by atoms with Crippen LogP contribution in [0.4, 0.5) is 0 Å². The van der Waals surface area contributed by atoms with Gasteiger partial charge in [0.05, 0.1) is 13.2 Å². The molecule has 2 N–H and O–H groups in total. The molecule has 1 unspecified atom stereocenters. The largest absolute Gasteiger partial charge is 0.504 e. The second-order valence-corrected chi connectivity index (χ2v) is 8.00. The van der Waals surface area contributed by atoms with E-state index in [2.05, 4.69) is 38.8 Å². The molecule has 8 nitrogen and oxygen atoms in total. The number of methoxy groups -OCH3 is 1. The van der Waals surface area contributed by atoms with Crippen molar-refractivity contribution in [2.24, 2.45) is 5.92 Å². The number of aromatic nitrogens is 3. The maximum atomic E-state index is 11.7. The van der Waals surface area contributed by atoms with Crippen LogP contribution in [0.2, 0.25) is 0 Å². The zero-order valence-electron chi connectivity index (χ0n) is 17.7. The van der Waals surface area contributed by atoms with Crippen molar-refractivity contribution in [2.75, 3.05) is 20.2 Å². The minimum Gasteiger partial charge on any atom is -0.504 e. The summed E-state index contributed by atoms with van der Waals surface area (Å²) >= 11 is 0. The molecule has 0 bridgehead atoms. The van der Waals surface area contributed by atoms with Crippen LogP contribution in [0.25, 0.3) is 0 Å². The van der Waals surface area contributed by atoms with E-state index >= 15 is 0 Å². The Morgan fingerprint density at radius 1 is 1.28 bits per heavy atom. The summed E-state index contributed by atoms with van der Waals surface area (Å²) in [6.07, 6.45) is 1.59. The molecule has 8 heteroatoms. The fourth-order valence-corrected chi connectivity index (χ4v) is 3.85. The van der Waals surface area contributed by atoms with E-state index in [0.717, 1.165) is 49.7 Å². The van der Waals surface area contributed by atoms with Crippen LogP contribution in [0.5, 0.6) is 11.5 Å². The van der Waals surface area contributed by atoms with Gasteiger partial charge >= 0.3 is 0 Å². The Morgan fingerprint density at radius 3 is 2.76 bits per heavy atom. The van der Waals surface area contributed by atoms with Gasteiger partial charge in [-0.3, -0.25) is 9.69 Å². The molecule has 2 aromatic rings. The quantitative estimate of drug-likeness (QED) is 0.739. The Hall–Kier alpha value is -2.61. The van der Waals surface area contributed by atoms with Crippen LogP contribution in [-0.4, -0.2) is 50.9 Å². The summed E-state index contributed by atoms with van der Waals surface area (Å²) in [6, 6.07) is 5.43. The second-order valence-electron chi connectivity index (χ2n) is 8.00. The van der Waals surface area contributed by atoms with E-state index in [-0.39, 0.29) is 17.7 Å². The lowest BCUT2D eigenvalue weighted by atomic mass is 10.0. The van der Waals surface area contributed by atoms with E-state index < -0.39 is 0 Å². The lowest BCUT2D eigenvalue weighted by Crippen LogP contribution is -2.31. The normalized spacial score (nSPS) is 15.6. The lowest BCUT2D eigenvalue weighted by Gasteiger charge is -2.22. The van der Waals surface area contributed by atoms with Crippen molar-refractivity contribution in [3.63, 3.8) is 0 Å². The molecule has 1 amide bonds. The van der Waals surface area contributed by atoms with Gasteiger partial charge in [0, 0.05) is 45.1 Å². The van der Waals surface area contributed by atoms with Gasteiger partial charge in [-0.2, -0.15) is 0 Å². The highest BCUT2D eigenvalue weighted by molar-refractivity contribution is 5.73. The van der Waals surface area contributed by atoms with E-state index in [0.29, 0.717) is 18.2 Å². The number of phenolic OH excluding ortho intramolecular Hbond substituents is 1. The Balaban J connectivity index is 1.74. The van der Waals surface area contributed by atoms with Gasteiger partial charge in [0.15, 0.2) is 17.3 Å². The lowest BCUT2D eigenvalue weighted by molar-refractivity contribution is -0.119. The Kier molecular flexibility index (Phi) is 6.74. The minimum absolute atomic E-state index is 0.0586. The van der Waals surface area contributed by atoms with Gasteiger partial charge in [-0.15, -0.1) is 10.2 Å². The Labute approximate surface area is 171 Å². The number of para-hydroxylation sites is 1. The van der Waals surface area contributed by atoms with Crippen molar-refractivity contribution in [2.45, 2.75) is 52.7 Å². The average molecular weight is 402 g/mol. The van der Waals surface area contributed by atoms with E-state index in [1.165, 1.54) is 6.92 Å². The predicted octanol–water partition coefficient (Wildman–Crippen LogP) is 2.27. The number of carbonyl (C=O) groups excluding carboxylic acids is 1. The zero-order chi connectivity index (χ0) is 21.0. The van der Waals surface area contributed by atoms with Crippen molar-refractivity contribution < 1.29 is 14.6 Å². The maximum Gasteiger partial charge on any atom is 0.217 e. The van der Waals surface area contributed by atoms with Crippen molar-refractivity contribution in [1.29, 1.82) is 0 Å². The summed E-state index contributed by atoms with van der Waals surface area (Å²) in [7, 11) is 1.56. The number of hydrogen-bond acceptors (Lipinski definition) is 6. The molecule has 1 aromatic heterocycles. The smallest absolute Gasteiger partial charge is 0.217 e. The SMILES string of the molecule is COc1cccc(CN2CCc3nnc(C(CC(C)C)NC(C)=O)n3CC2)c1O. The molecule has 0 radical (unpaired) electrons. The number of rotatable bonds is 7. The van der Waals surface area contributed by atoms with Crippen LogP contribution in [0.1, 0.15) is 50.4 Å². The van der Waals surface area contributed by atoms with Crippen molar-refractivity contribution >= 4 is 5.91 Å². The van der Waals surface area contributed by atoms with Crippen molar-refractivity contribution in [1.82, 2.24) is 25.0 Å². The number of carbonyl (C=O) groups is 1. The molecule has 0 spiro atoms. The van der Waals surface area contributed by atoms with Crippen LogP contribution >= 0.6 is 0 Å². The molecule has 2 heterocycles. The molecule has 0 fully saturated rings. The number of amides is 1. The summed E-state index contributed by atoms with van der Waals surface area (Å²) in [4.78, 5) is 14.0. The maximum absolute atomic E-state index is 11.7. The fraction of sp³-hybridized carbons (Fsp3) is 0.571. The van der Waals surface area contributed by atoms with E-state index in [1.54, 1.807) is 13.2 Å². The molecular weight excluding hydrogens is 370 g/mol. The van der Waals surface area contributed by atoms with Gasteiger partial charge in [0.25, 0.3) is 0 Å². The summed E-state index contributed by atoms with van der Waals surface area (Å²) < 4.78 is 7.36. The van der Waals surface area contributed by atoms with Crippen LogP contribution in [0.3, 0.4) is 0 Å². The van der Waals surface area contributed by atoms with Gasteiger partial charge in [-0.05, 0) is 18.4 Å². The average Bonchev–Trinajstić information content (AvgIpc) is 2.96. The highest BCUT2D eigenvalue weighted by atomic mass is 16.5. The molecule has 1 aliphatic heterocycles. The number of aromatic hydroxyl groups is 1. The molecule has 0 aliphatic carbocycles. The first-order valence-corrected chi connectivity index (χ1v) is 10.1. The van der Waals surface area contributed by atoms with Crippen LogP contribution in [0, 0.1) is 5.92 Å². The molecule has 158 valence electrons. The molecule has 1 aromatic carbocycles. The summed E-state index contributed by atoms with van der Waals surface area (Å²) in [5, 5.41) is 22.2. The fourth-order valence-electron chi connectivity index (χ4n) is 3.85. The number of nitrogens with zero attached hydrogens (tertiary/aromatic N) is 4. The van der Waals surface area contributed by atoms with Gasteiger partial charge in [-0.1, -0.05) is 26.0 Å². The first kappa shape index (κ1) is 21.1. The highest BCUT2D eigenvalue weighted by Crippen LogP contribution is 2.30. The second kappa shape index (κ2) is 9.26. The van der Waals surface area contributed by atoms with Gasteiger partial charge in [0.1, 0.15) is 5.82 Å². The number of phenols is 1. The third kappa shape index (κ3) is 5.06. The number of hydrogen-bond donors (Lipinski definition) is 2. The molecule has 29 heavy (non-hydrogen) atoms. The predicted molar refractivity (Wildman–Crippen MR) is 110 cm³/mol. The van der Waals surface area contributed by atoms with Gasteiger partial charge in [0.2, 0.25) is 5.91 Å². The summed E-state index contributed by atoms with van der Waals surface area (Å²) in [5.41, 5.74) is 0.846. The van der Waals surface area contributed by atoms with Gasteiger partial charge in [-0.25, -0.2) is 0 Å². The van der Waals surface area contributed by atoms with Crippen LogP contribution in [-0.2, 0) is 24.3 Å². The van der Waals surface area contributed by atoms with Crippen LogP contribution < -0.4 is 10.1 Å². The van der Waals surface area contributed by atoms with E-state index in [4.69, 9.17) is 4.74 Å². The summed E-state index contributed by atoms with van der Waals surface area (Å²) in [6.45, 7) is 8.82. The molecule has 1 aliphatic rings. The molecule has 0 saturated heterocycles. The topological polar surface area (TPSA) is 92.5 Å². The third-order valence-electron chi connectivity index (χ3n) is 5.24. The highest BCUT2D eigenvalue weighted by Gasteiger charge is 2.25. The standard InChI is InChI=1S/C21H31N5O3/c1-14(2)12-17(22-15(3)27)21-24-23-19-8-9-25(10-11-26(19)21)13-16-6-5-7-18(29-4)20(16)28/h5-7,14,17,28H,8-13H2,1-4H3,(H,22,27). The number of benzene rings is 1. The first-order chi connectivity index (χ1) is 13.9. The Morgan fingerprint density at radius 2 is 2.07 bits per heavy atom. The minimum atomic E-state index is -0.136. The monoisotopic (exact) mass is 401 g/mol. The van der Waals surface area contributed by atoms with Crippen LogP contribution in [0.15, 0.2) is 18.2 Å². The molecular formula is C21H31N5O3. The van der Waals surface area contributed by atoms with E-state index in [9.17, 15) is 9.90 Å². The third-order valence-corrected chi connectivity index (χ3v) is 5.24. The number of ether oxygens (including phenoxy) is 1. The van der Waals surface area contributed by atoms with Crippen molar-refractivity contribution in [3.8, 4) is 11.5 Å². The zero-order valence-corrected chi connectivity index (χ0v) is 17.7. The van der Waals surface area contributed by atoms with Gasteiger partial charge < -0.3 is 19.7 Å². The molecule has 1 atom stereocenters. The molecule has 3 rings (SSSR count). The first-order valence-electron chi connectivity index (χ1n) is 10.1. The summed E-state index contributed by atoms with van der Waals surface area (Å²) in [5.74, 6) is 2.83.